The molecule has 0 N–H and O–H groups in total. The van der Waals surface area contributed by atoms with Gasteiger partial charge in [0, 0.05) is 0 Å². The van der Waals surface area contributed by atoms with Crippen molar-refractivity contribution in [3.8, 4) is 0 Å². The third-order valence-electron chi connectivity index (χ3n) is 7.91. The Morgan fingerprint density at radius 3 is 1.11 bits per heavy atom. The van der Waals surface area contributed by atoms with Crippen LogP contribution in [-0.2, 0) is 0 Å². The molecule has 0 aromatic heterocycles. The van der Waals surface area contributed by atoms with Crippen LogP contribution in [0.5, 0.6) is 0 Å². The molecule has 0 bridgehead atoms. The number of hydrogen-bond acceptors (Lipinski definition) is 0. The van der Waals surface area contributed by atoms with Crippen LogP contribution in [0.1, 0.15) is 164 Å². The first-order valence-corrected chi connectivity index (χ1v) is 13.5. The minimum Gasteiger partial charge on any atom is -0.0654 e. The van der Waals surface area contributed by atoms with E-state index in [0.717, 1.165) is 5.92 Å². The van der Waals surface area contributed by atoms with Gasteiger partial charge in [-0.25, -0.2) is 0 Å². The molecular weight excluding hydrogens is 336 g/mol. The Morgan fingerprint density at radius 1 is 0.464 bits per heavy atom. The smallest absolute Gasteiger partial charge is 0.0215 e. The zero-order valence-corrected chi connectivity index (χ0v) is 21.3. The summed E-state index contributed by atoms with van der Waals surface area (Å²) in [6, 6.07) is 0. The quantitative estimate of drug-likeness (QED) is 0.192. The molecule has 0 aliphatic heterocycles. The van der Waals surface area contributed by atoms with Crippen molar-refractivity contribution >= 4 is 0 Å². The lowest BCUT2D eigenvalue weighted by atomic mass is 9.49. The van der Waals surface area contributed by atoms with Gasteiger partial charge in [0.2, 0.25) is 0 Å². The van der Waals surface area contributed by atoms with E-state index >= 15 is 0 Å². The molecule has 0 aliphatic carbocycles. The van der Waals surface area contributed by atoms with Gasteiger partial charge in [0.1, 0.15) is 0 Å². The van der Waals surface area contributed by atoms with Crippen molar-refractivity contribution in [3.63, 3.8) is 0 Å². The van der Waals surface area contributed by atoms with Crippen molar-refractivity contribution in [3.05, 3.63) is 0 Å². The second kappa shape index (κ2) is 16.8. The predicted molar refractivity (Wildman–Crippen MR) is 131 cm³/mol. The SMILES string of the molecule is CCCCC(CCCC)C(CCCC)(CCCC)C(C)(CCCC)CCCC. The van der Waals surface area contributed by atoms with Crippen LogP contribution >= 0.6 is 0 Å². The van der Waals surface area contributed by atoms with Crippen LogP contribution < -0.4 is 0 Å². The maximum absolute atomic E-state index is 2.74. The Morgan fingerprint density at radius 2 is 0.786 bits per heavy atom. The highest BCUT2D eigenvalue weighted by molar-refractivity contribution is 4.99. The van der Waals surface area contributed by atoms with Gasteiger partial charge in [-0.1, -0.05) is 126 Å². The van der Waals surface area contributed by atoms with Gasteiger partial charge in [-0.2, -0.15) is 0 Å². The molecule has 0 heteroatoms. The summed E-state index contributed by atoms with van der Waals surface area (Å²) in [5.74, 6) is 0.948. The highest BCUT2D eigenvalue weighted by Crippen LogP contribution is 2.59. The second-order valence-electron chi connectivity index (χ2n) is 10.1. The summed E-state index contributed by atoms with van der Waals surface area (Å²) in [6.07, 6.45) is 25.6. The minimum absolute atomic E-state index is 0.537. The molecule has 0 fully saturated rings. The van der Waals surface area contributed by atoms with Crippen LogP contribution in [0.2, 0.25) is 0 Å². The lowest BCUT2D eigenvalue weighted by Crippen LogP contribution is -2.46. The molecule has 0 aromatic carbocycles. The van der Waals surface area contributed by atoms with Crippen molar-refractivity contribution < 1.29 is 0 Å². The first-order valence-electron chi connectivity index (χ1n) is 13.5. The molecule has 0 aliphatic rings. The van der Waals surface area contributed by atoms with Crippen molar-refractivity contribution in [2.45, 2.75) is 164 Å². The zero-order valence-electron chi connectivity index (χ0n) is 21.3. The Kier molecular flexibility index (Phi) is 16.8. The lowest BCUT2D eigenvalue weighted by molar-refractivity contribution is -0.0558. The summed E-state index contributed by atoms with van der Waals surface area (Å²) in [5.41, 5.74) is 1.11. The summed E-state index contributed by atoms with van der Waals surface area (Å²) in [5, 5.41) is 0. The van der Waals surface area contributed by atoms with Gasteiger partial charge in [-0.15, -0.1) is 0 Å². The van der Waals surface area contributed by atoms with E-state index in [0.29, 0.717) is 10.8 Å². The topological polar surface area (TPSA) is 0 Å². The monoisotopic (exact) mass is 394 g/mol. The van der Waals surface area contributed by atoms with Crippen LogP contribution in [0.3, 0.4) is 0 Å². The van der Waals surface area contributed by atoms with Crippen LogP contribution in [0.25, 0.3) is 0 Å². The lowest BCUT2D eigenvalue weighted by Gasteiger charge is -2.55. The average Bonchev–Trinajstić information content (AvgIpc) is 2.71. The molecular formula is C28H58. The molecule has 0 amide bonds. The molecule has 0 unspecified atom stereocenters. The van der Waals surface area contributed by atoms with E-state index in [9.17, 15) is 0 Å². The molecule has 0 saturated carbocycles. The van der Waals surface area contributed by atoms with Gasteiger partial charge in [0.05, 0.1) is 0 Å². The van der Waals surface area contributed by atoms with Crippen LogP contribution in [0.15, 0.2) is 0 Å². The summed E-state index contributed by atoms with van der Waals surface area (Å²) in [7, 11) is 0. The molecule has 0 nitrogen and oxygen atoms in total. The first kappa shape index (κ1) is 28.0. The largest absolute Gasteiger partial charge is 0.0654 e. The van der Waals surface area contributed by atoms with Gasteiger partial charge < -0.3 is 0 Å². The van der Waals surface area contributed by atoms with Crippen molar-refractivity contribution in [1.29, 1.82) is 0 Å². The molecule has 0 saturated heterocycles. The fourth-order valence-corrected chi connectivity index (χ4v) is 5.97. The van der Waals surface area contributed by atoms with E-state index in [-0.39, 0.29) is 0 Å². The van der Waals surface area contributed by atoms with Crippen molar-refractivity contribution in [2.75, 3.05) is 0 Å². The Labute approximate surface area is 181 Å². The molecule has 28 heavy (non-hydrogen) atoms. The molecule has 170 valence electrons. The van der Waals surface area contributed by atoms with Gasteiger partial charge in [0.25, 0.3) is 0 Å². The average molecular weight is 395 g/mol. The van der Waals surface area contributed by atoms with Crippen LogP contribution in [0, 0.1) is 16.7 Å². The normalized spacial score (nSPS) is 12.9. The zero-order chi connectivity index (χ0) is 21.3. The standard InChI is InChI=1S/C28H58/c1-8-14-20-26(21-15-9-2)28(24-18-12-5,25-19-13-6)27(7,22-16-10-3)23-17-11-4/h26H,8-25H2,1-7H3. The van der Waals surface area contributed by atoms with Gasteiger partial charge in [0.15, 0.2) is 0 Å². The first-order chi connectivity index (χ1) is 13.5. The van der Waals surface area contributed by atoms with Crippen LogP contribution in [0.4, 0.5) is 0 Å². The summed E-state index contributed by atoms with van der Waals surface area (Å²) in [6.45, 7) is 17.1. The van der Waals surface area contributed by atoms with E-state index in [1.165, 1.54) is 116 Å². The molecule has 0 heterocycles. The number of unbranched alkanes of at least 4 members (excludes halogenated alkanes) is 6. The Balaban J connectivity index is 6.15. The van der Waals surface area contributed by atoms with E-state index in [1.807, 2.05) is 0 Å². The third-order valence-corrected chi connectivity index (χ3v) is 7.91. The number of rotatable bonds is 20. The fourth-order valence-electron chi connectivity index (χ4n) is 5.97. The van der Waals surface area contributed by atoms with Crippen LogP contribution in [-0.4, -0.2) is 0 Å². The van der Waals surface area contributed by atoms with Gasteiger partial charge >= 0.3 is 0 Å². The summed E-state index contributed by atoms with van der Waals surface area (Å²) in [4.78, 5) is 0. The van der Waals surface area contributed by atoms with Gasteiger partial charge in [-0.3, -0.25) is 0 Å². The maximum Gasteiger partial charge on any atom is -0.0215 e. The van der Waals surface area contributed by atoms with E-state index < -0.39 is 0 Å². The summed E-state index contributed by atoms with van der Waals surface area (Å²) < 4.78 is 0. The molecule has 0 spiro atoms. The fraction of sp³-hybridized carbons (Fsp3) is 1.00. The van der Waals surface area contributed by atoms with E-state index in [4.69, 9.17) is 0 Å². The molecule has 0 aromatic rings. The third kappa shape index (κ3) is 8.79. The van der Waals surface area contributed by atoms with Crippen molar-refractivity contribution in [1.82, 2.24) is 0 Å². The predicted octanol–water partition coefficient (Wildman–Crippen LogP) is 10.7. The van der Waals surface area contributed by atoms with Gasteiger partial charge in [-0.05, 0) is 55.3 Å². The Bertz CT molecular complexity index is 305. The summed E-state index contributed by atoms with van der Waals surface area (Å²) >= 11 is 0. The Hall–Kier alpha value is 0. The van der Waals surface area contributed by atoms with E-state index in [1.54, 1.807) is 0 Å². The molecule has 0 radical (unpaired) electrons. The maximum atomic E-state index is 2.74. The number of hydrogen-bond donors (Lipinski definition) is 0. The second-order valence-corrected chi connectivity index (χ2v) is 10.1. The van der Waals surface area contributed by atoms with Crippen molar-refractivity contribution in [2.24, 2.45) is 16.7 Å². The highest BCUT2D eigenvalue weighted by Gasteiger charge is 2.49. The minimum atomic E-state index is 0.537. The van der Waals surface area contributed by atoms with E-state index in [2.05, 4.69) is 48.5 Å². The molecule has 0 atom stereocenters. The molecule has 0 rings (SSSR count). The highest BCUT2D eigenvalue weighted by atomic mass is 14.5.